The molecule has 0 saturated heterocycles. The minimum atomic E-state index is -0.178. The summed E-state index contributed by atoms with van der Waals surface area (Å²) in [6.07, 6.45) is 0.685. The largest absolute Gasteiger partial charge is 0.378 e. The monoisotopic (exact) mass is 516 g/mol. The van der Waals surface area contributed by atoms with Crippen LogP contribution in [0.3, 0.4) is 0 Å². The summed E-state index contributed by atoms with van der Waals surface area (Å²) in [5.41, 5.74) is 5.91. The first-order valence-electron chi connectivity index (χ1n) is 12.1. The van der Waals surface area contributed by atoms with Gasteiger partial charge in [-0.2, -0.15) is 0 Å². The van der Waals surface area contributed by atoms with E-state index in [-0.39, 0.29) is 17.9 Å². The highest BCUT2D eigenvalue weighted by Gasteiger charge is 2.21. The van der Waals surface area contributed by atoms with Crippen LogP contribution in [0.4, 0.5) is 11.4 Å². The van der Waals surface area contributed by atoms with Crippen molar-refractivity contribution < 1.29 is 4.79 Å². The van der Waals surface area contributed by atoms with Crippen LogP contribution < -0.4 is 10.6 Å². The second-order valence-corrected chi connectivity index (χ2v) is 9.90. The first-order chi connectivity index (χ1) is 17.4. The average Bonchev–Trinajstić information content (AvgIpc) is 2.88. The molecule has 0 aromatic heterocycles. The van der Waals surface area contributed by atoms with E-state index < -0.39 is 0 Å². The fourth-order valence-corrected chi connectivity index (χ4v) is 4.54. The minimum Gasteiger partial charge on any atom is -0.378 e. The number of hydrogen-bond acceptors (Lipinski definition) is 3. The van der Waals surface area contributed by atoms with Crippen molar-refractivity contribution in [3.63, 3.8) is 0 Å². The van der Waals surface area contributed by atoms with Crippen molar-refractivity contribution in [3.05, 3.63) is 129 Å². The van der Waals surface area contributed by atoms with Crippen LogP contribution in [-0.2, 0) is 4.79 Å². The van der Waals surface area contributed by atoms with E-state index in [4.69, 9.17) is 23.2 Å². The molecule has 0 aliphatic heterocycles. The average molecular weight is 518 g/mol. The highest BCUT2D eigenvalue weighted by atomic mass is 35.5. The van der Waals surface area contributed by atoms with Gasteiger partial charge in [0.1, 0.15) is 5.78 Å². The minimum absolute atomic E-state index is 0.147. The third-order valence-electron chi connectivity index (χ3n) is 6.29. The molecule has 3 nitrogen and oxygen atoms in total. The third-order valence-corrected chi connectivity index (χ3v) is 7.11. The number of anilines is 2. The maximum absolute atomic E-state index is 13.5. The maximum atomic E-state index is 13.5. The van der Waals surface area contributed by atoms with Crippen LogP contribution in [0.1, 0.15) is 47.2 Å². The Morgan fingerprint density at radius 1 is 0.639 bits per heavy atom. The third kappa shape index (κ3) is 6.90. The normalized spacial score (nSPS) is 12.6. The fourth-order valence-electron chi connectivity index (χ4n) is 4.18. The van der Waals surface area contributed by atoms with E-state index >= 15 is 0 Å². The first-order valence-corrected chi connectivity index (χ1v) is 12.8. The topological polar surface area (TPSA) is 41.1 Å². The molecule has 2 N–H and O–H groups in total. The molecular weight excluding hydrogens is 487 g/mol. The Balaban J connectivity index is 1.55. The smallest absolute Gasteiger partial charge is 0.137 e. The number of rotatable bonds is 10. The molecule has 0 radical (unpaired) electrons. The molecule has 184 valence electrons. The van der Waals surface area contributed by atoms with Gasteiger partial charge < -0.3 is 10.6 Å². The molecule has 2 atom stereocenters. The van der Waals surface area contributed by atoms with E-state index in [0.29, 0.717) is 22.9 Å². The van der Waals surface area contributed by atoms with Crippen molar-refractivity contribution in [2.24, 2.45) is 0 Å². The van der Waals surface area contributed by atoms with Crippen molar-refractivity contribution in [1.82, 2.24) is 0 Å². The molecule has 0 spiro atoms. The number of carbonyl (C=O) groups excluding carboxylic acids is 1. The maximum Gasteiger partial charge on any atom is 0.137 e. The summed E-state index contributed by atoms with van der Waals surface area (Å²) in [6, 6.07) is 31.5. The molecule has 0 aliphatic carbocycles. The molecule has 5 heteroatoms. The van der Waals surface area contributed by atoms with Gasteiger partial charge in [-0.3, -0.25) is 4.79 Å². The molecule has 0 amide bonds. The lowest BCUT2D eigenvalue weighted by Gasteiger charge is -2.24. The van der Waals surface area contributed by atoms with Gasteiger partial charge >= 0.3 is 0 Å². The standard InChI is InChI=1S/C31H30Cl2N2O/c1-21-13-15-25(17-28(21)32)34-30(23-9-5-3-6-10-23)19-27(36)20-31(24-11-7-4-8-12-24)35-26-16-14-22(2)29(33)18-26/h3-18,30-31,34-35H,19-20H2,1-2H3. The summed E-state index contributed by atoms with van der Waals surface area (Å²) in [5, 5.41) is 8.45. The number of nitrogens with one attached hydrogen (secondary N) is 2. The van der Waals surface area contributed by atoms with Gasteiger partial charge in [-0.25, -0.2) is 0 Å². The van der Waals surface area contributed by atoms with E-state index in [9.17, 15) is 4.79 Å². The van der Waals surface area contributed by atoms with Crippen LogP contribution in [0.2, 0.25) is 10.0 Å². The number of benzene rings is 4. The second kappa shape index (κ2) is 12.1. The molecule has 0 fully saturated rings. The van der Waals surface area contributed by atoms with E-state index in [1.807, 2.05) is 111 Å². The lowest BCUT2D eigenvalue weighted by molar-refractivity contribution is -0.119. The van der Waals surface area contributed by atoms with Gasteiger partial charge in [-0.15, -0.1) is 0 Å². The number of hydrogen-bond donors (Lipinski definition) is 2. The van der Waals surface area contributed by atoms with Gasteiger partial charge in [0.25, 0.3) is 0 Å². The summed E-state index contributed by atoms with van der Waals surface area (Å²) in [5.74, 6) is 0.147. The molecule has 2 unspecified atom stereocenters. The predicted molar refractivity (Wildman–Crippen MR) is 152 cm³/mol. The quantitative estimate of drug-likeness (QED) is 0.221. The molecule has 0 bridgehead atoms. The van der Waals surface area contributed by atoms with Crippen molar-refractivity contribution in [1.29, 1.82) is 0 Å². The van der Waals surface area contributed by atoms with E-state index in [1.54, 1.807) is 0 Å². The Bertz CT molecular complexity index is 1210. The van der Waals surface area contributed by atoms with Crippen LogP contribution >= 0.6 is 23.2 Å². The Kier molecular flexibility index (Phi) is 8.69. The predicted octanol–water partition coefficient (Wildman–Crippen LogP) is 8.97. The van der Waals surface area contributed by atoms with E-state index in [0.717, 1.165) is 33.6 Å². The highest BCUT2D eigenvalue weighted by Crippen LogP contribution is 2.30. The van der Waals surface area contributed by atoms with Crippen LogP contribution in [0.5, 0.6) is 0 Å². The van der Waals surface area contributed by atoms with Gasteiger partial charge in [0.2, 0.25) is 0 Å². The van der Waals surface area contributed by atoms with Crippen LogP contribution in [-0.4, -0.2) is 5.78 Å². The molecule has 0 aliphatic rings. The molecular formula is C31H30Cl2N2O. The second-order valence-electron chi connectivity index (χ2n) is 9.09. The summed E-state index contributed by atoms with van der Waals surface area (Å²) in [7, 11) is 0. The lowest BCUT2D eigenvalue weighted by Crippen LogP contribution is -2.20. The van der Waals surface area contributed by atoms with Crippen LogP contribution in [0.15, 0.2) is 97.1 Å². The zero-order valence-electron chi connectivity index (χ0n) is 20.5. The van der Waals surface area contributed by atoms with Crippen molar-refractivity contribution in [2.75, 3.05) is 10.6 Å². The van der Waals surface area contributed by atoms with E-state index in [2.05, 4.69) is 10.6 Å². The molecule has 0 saturated carbocycles. The first kappa shape index (κ1) is 25.8. The fraction of sp³-hybridized carbons (Fsp3) is 0.194. The van der Waals surface area contributed by atoms with Gasteiger partial charge in [0.05, 0.1) is 12.1 Å². The van der Waals surface area contributed by atoms with Crippen LogP contribution in [0, 0.1) is 13.8 Å². The SMILES string of the molecule is Cc1ccc(NC(CC(=O)CC(Nc2ccc(C)c(Cl)c2)c2ccccc2)c2ccccc2)cc1Cl. The number of carbonyl (C=O) groups is 1. The molecule has 4 aromatic carbocycles. The van der Waals surface area contributed by atoms with E-state index in [1.165, 1.54) is 0 Å². The zero-order valence-corrected chi connectivity index (χ0v) is 22.0. The van der Waals surface area contributed by atoms with Gasteiger partial charge in [0.15, 0.2) is 0 Å². The Hall–Kier alpha value is -3.27. The van der Waals surface area contributed by atoms with Gasteiger partial charge in [-0.05, 0) is 60.4 Å². The Labute approximate surface area is 223 Å². The van der Waals surface area contributed by atoms with Crippen LogP contribution in [0.25, 0.3) is 0 Å². The summed E-state index contributed by atoms with van der Waals surface area (Å²) < 4.78 is 0. The summed E-state index contributed by atoms with van der Waals surface area (Å²) in [4.78, 5) is 13.5. The van der Waals surface area contributed by atoms with Gasteiger partial charge in [-0.1, -0.05) is 96.0 Å². The van der Waals surface area contributed by atoms with Crippen molar-refractivity contribution >= 4 is 40.4 Å². The summed E-state index contributed by atoms with van der Waals surface area (Å²) >= 11 is 12.7. The Morgan fingerprint density at radius 2 is 1.03 bits per heavy atom. The number of ketones is 1. The number of Topliss-reactive ketones (excluding diaryl/α,β-unsaturated/α-hetero) is 1. The Morgan fingerprint density at radius 3 is 1.39 bits per heavy atom. The highest BCUT2D eigenvalue weighted by molar-refractivity contribution is 6.31. The molecule has 4 rings (SSSR count). The van der Waals surface area contributed by atoms with Crippen molar-refractivity contribution in [2.45, 2.75) is 38.8 Å². The summed E-state index contributed by atoms with van der Waals surface area (Å²) in [6.45, 7) is 3.95. The zero-order chi connectivity index (χ0) is 25.5. The molecule has 0 heterocycles. The van der Waals surface area contributed by atoms with Gasteiger partial charge in [0, 0.05) is 34.3 Å². The lowest BCUT2D eigenvalue weighted by atomic mass is 9.95. The van der Waals surface area contributed by atoms with Crippen molar-refractivity contribution in [3.8, 4) is 0 Å². The molecule has 4 aromatic rings. The number of halogens is 2. The molecule has 36 heavy (non-hydrogen) atoms. The number of aryl methyl sites for hydroxylation is 2.